The number of rotatable bonds is 18. The van der Waals surface area contributed by atoms with Crippen LogP contribution in [0.15, 0.2) is 11.6 Å². The molecule has 0 rings (SSSR count). The van der Waals surface area contributed by atoms with E-state index in [1.54, 1.807) is 6.92 Å². The topological polar surface area (TPSA) is 118 Å². The Labute approximate surface area is 179 Å². The lowest BCUT2D eigenvalue weighted by Gasteiger charge is -2.03. The van der Waals surface area contributed by atoms with E-state index in [0.29, 0.717) is 5.57 Å². The molecule has 0 aliphatic rings. The molecule has 0 atom stereocenters. The van der Waals surface area contributed by atoms with Crippen LogP contribution in [0.3, 0.4) is 0 Å². The third-order valence-corrected chi connectivity index (χ3v) is 4.85. The molecule has 174 valence electrons. The summed E-state index contributed by atoms with van der Waals surface area (Å²) in [5.74, 6) is -0.786. The Hall–Kier alpha value is -0.733. The number of carboxylic acids is 1. The first-order chi connectivity index (χ1) is 13.7. The Morgan fingerprint density at radius 3 is 1.21 bits per heavy atom. The van der Waals surface area contributed by atoms with Crippen molar-refractivity contribution in [3.05, 3.63) is 11.6 Å². The average molecular weight is 435 g/mol. The molecule has 5 N–H and O–H groups in total. The Balaban J connectivity index is 0. The number of hydrogen-bond acceptors (Lipinski definition) is 5. The maximum Gasteiger partial charge on any atom is 0.668 e. The highest BCUT2D eigenvalue weighted by atomic mass is 28.4. The zero-order chi connectivity index (χ0) is 22.4. The first-order valence-corrected chi connectivity index (χ1v) is 13.3. The highest BCUT2D eigenvalue weighted by Gasteiger charge is 2.22. The van der Waals surface area contributed by atoms with Crippen LogP contribution in [0.2, 0.25) is 0 Å². The maximum atomic E-state index is 10.6. The molecule has 0 fully saturated rings. The van der Waals surface area contributed by atoms with Gasteiger partial charge in [-0.3, -0.25) is 0 Å². The van der Waals surface area contributed by atoms with Gasteiger partial charge in [0, 0.05) is 5.57 Å². The van der Waals surface area contributed by atoms with E-state index in [1.165, 1.54) is 96.3 Å². The van der Waals surface area contributed by atoms with Crippen molar-refractivity contribution in [2.24, 2.45) is 0 Å². The summed E-state index contributed by atoms with van der Waals surface area (Å²) in [6.45, 7) is 3.95. The molecular formula is C22H46O6Si. The fourth-order valence-electron chi connectivity index (χ4n) is 3.10. The predicted octanol–water partition coefficient (Wildman–Crippen LogP) is 5.06. The fraction of sp³-hybridized carbons (Fsp3) is 0.864. The lowest BCUT2D eigenvalue weighted by molar-refractivity contribution is -0.132. The zero-order valence-corrected chi connectivity index (χ0v) is 19.7. The van der Waals surface area contributed by atoms with Crippen molar-refractivity contribution >= 4 is 15.0 Å². The molecule has 0 amide bonds. The van der Waals surface area contributed by atoms with Gasteiger partial charge in [0.15, 0.2) is 0 Å². The van der Waals surface area contributed by atoms with Gasteiger partial charge in [-0.05, 0) is 19.8 Å². The van der Waals surface area contributed by atoms with Crippen LogP contribution < -0.4 is 0 Å². The lowest BCUT2D eigenvalue weighted by atomic mass is 10.0. The van der Waals surface area contributed by atoms with E-state index in [2.05, 4.69) is 6.92 Å². The number of carboxylic acid groups (broad SMARTS) is 1. The molecule has 0 radical (unpaired) electrons. The fourth-order valence-corrected chi connectivity index (χ4v) is 3.10. The van der Waals surface area contributed by atoms with Crippen molar-refractivity contribution in [3.63, 3.8) is 0 Å². The first kappa shape index (κ1) is 30.5. The van der Waals surface area contributed by atoms with E-state index in [0.717, 1.165) is 12.8 Å². The van der Waals surface area contributed by atoms with Crippen molar-refractivity contribution in [2.45, 2.75) is 123 Å². The molecule has 0 heterocycles. The molecule has 0 aromatic heterocycles. The van der Waals surface area contributed by atoms with E-state index in [4.69, 9.17) is 24.3 Å². The van der Waals surface area contributed by atoms with Gasteiger partial charge in [0.2, 0.25) is 0 Å². The van der Waals surface area contributed by atoms with Gasteiger partial charge in [0.25, 0.3) is 0 Å². The minimum atomic E-state index is -4.61. The van der Waals surface area contributed by atoms with Crippen molar-refractivity contribution < 1.29 is 29.1 Å². The monoisotopic (exact) mass is 434 g/mol. The highest BCUT2D eigenvalue weighted by molar-refractivity contribution is 6.46. The van der Waals surface area contributed by atoms with Crippen molar-refractivity contribution in [1.29, 1.82) is 0 Å². The van der Waals surface area contributed by atoms with Gasteiger partial charge in [-0.2, -0.15) is 0 Å². The summed E-state index contributed by atoms with van der Waals surface area (Å²) in [6, 6.07) is 0. The number of allylic oxidation sites excluding steroid dienone is 1. The summed E-state index contributed by atoms with van der Waals surface area (Å²) >= 11 is 0. The molecule has 0 saturated heterocycles. The number of aliphatic carboxylic acids is 1. The molecule has 0 aromatic carbocycles. The summed E-state index contributed by atoms with van der Waals surface area (Å²) in [5, 5.41) is 8.75. The van der Waals surface area contributed by atoms with Gasteiger partial charge in [-0.1, -0.05) is 109 Å². The molecule has 0 bridgehead atoms. The SMILES string of the molecule is CCCCCCCCCCCCCCCCCCC=C(C)C(=O)O.O[Si](O)(O)O. The molecule has 0 aliphatic heterocycles. The van der Waals surface area contributed by atoms with Crippen LogP contribution in [0.5, 0.6) is 0 Å². The standard InChI is InChI=1S/C22H42O2.H4O4Si/c1-3-4-5-6-7-8-9-10-11-12-13-14-15-16-17-18-19-20-21(2)22(23)24;1-5(2,3)4/h20H,3-19H2,1-2H3,(H,23,24);1-4H. The third-order valence-electron chi connectivity index (χ3n) is 4.85. The van der Waals surface area contributed by atoms with Gasteiger partial charge in [-0.25, -0.2) is 4.79 Å². The molecule has 29 heavy (non-hydrogen) atoms. The van der Waals surface area contributed by atoms with Crippen LogP contribution in [0.1, 0.15) is 123 Å². The van der Waals surface area contributed by atoms with Crippen LogP contribution in [-0.2, 0) is 4.79 Å². The van der Waals surface area contributed by atoms with E-state index in [-0.39, 0.29) is 0 Å². The second-order valence-electron chi connectivity index (χ2n) is 7.88. The van der Waals surface area contributed by atoms with Crippen LogP contribution in [0.4, 0.5) is 0 Å². The first-order valence-electron chi connectivity index (χ1n) is 11.5. The summed E-state index contributed by atoms with van der Waals surface area (Å²) in [7, 11) is -4.61. The van der Waals surface area contributed by atoms with E-state index < -0.39 is 15.0 Å². The van der Waals surface area contributed by atoms with Gasteiger partial charge in [-0.15, -0.1) is 0 Å². The van der Waals surface area contributed by atoms with E-state index in [1.807, 2.05) is 6.08 Å². The van der Waals surface area contributed by atoms with Crippen LogP contribution in [-0.4, -0.2) is 39.3 Å². The Bertz CT molecular complexity index is 387. The normalized spacial score (nSPS) is 11.9. The lowest BCUT2D eigenvalue weighted by Crippen LogP contribution is -2.33. The summed E-state index contributed by atoms with van der Waals surface area (Å²) in [5.41, 5.74) is 0.482. The molecule has 0 spiro atoms. The Morgan fingerprint density at radius 1 is 0.655 bits per heavy atom. The predicted molar refractivity (Wildman–Crippen MR) is 120 cm³/mol. The van der Waals surface area contributed by atoms with Crippen molar-refractivity contribution in [3.8, 4) is 0 Å². The van der Waals surface area contributed by atoms with E-state index >= 15 is 0 Å². The summed E-state index contributed by atoms with van der Waals surface area (Å²) in [4.78, 5) is 39.9. The number of hydrogen-bond donors (Lipinski definition) is 5. The van der Waals surface area contributed by atoms with Gasteiger partial charge in [0.05, 0.1) is 0 Å². The zero-order valence-electron chi connectivity index (χ0n) is 18.7. The third kappa shape index (κ3) is 35.1. The maximum absolute atomic E-state index is 10.6. The quantitative estimate of drug-likeness (QED) is 0.117. The minimum Gasteiger partial charge on any atom is -0.478 e. The minimum absolute atomic E-state index is 0.482. The molecule has 6 nitrogen and oxygen atoms in total. The average Bonchev–Trinajstić information content (AvgIpc) is 2.62. The second-order valence-corrected chi connectivity index (χ2v) is 9.08. The van der Waals surface area contributed by atoms with Gasteiger partial charge < -0.3 is 24.3 Å². The molecule has 0 saturated carbocycles. The summed E-state index contributed by atoms with van der Waals surface area (Å²) in [6.07, 6.45) is 24.8. The Kier molecular flexibility index (Phi) is 23.1. The number of carbonyl (C=O) groups is 1. The van der Waals surface area contributed by atoms with Gasteiger partial charge in [0.1, 0.15) is 0 Å². The number of unbranched alkanes of at least 4 members (excludes halogenated alkanes) is 16. The molecule has 7 heteroatoms. The molecule has 0 unspecified atom stereocenters. The molecular weight excluding hydrogens is 388 g/mol. The molecule has 0 aliphatic carbocycles. The van der Waals surface area contributed by atoms with Crippen molar-refractivity contribution in [1.82, 2.24) is 0 Å². The van der Waals surface area contributed by atoms with E-state index in [9.17, 15) is 4.79 Å². The molecule has 0 aromatic rings. The highest BCUT2D eigenvalue weighted by Crippen LogP contribution is 2.14. The largest absolute Gasteiger partial charge is 0.668 e. The van der Waals surface area contributed by atoms with Crippen molar-refractivity contribution in [2.75, 3.05) is 0 Å². The van der Waals surface area contributed by atoms with Crippen LogP contribution >= 0.6 is 0 Å². The van der Waals surface area contributed by atoms with Gasteiger partial charge >= 0.3 is 15.0 Å². The van der Waals surface area contributed by atoms with Crippen LogP contribution in [0.25, 0.3) is 0 Å². The summed E-state index contributed by atoms with van der Waals surface area (Å²) < 4.78 is 0. The second kappa shape index (κ2) is 22.0. The smallest absolute Gasteiger partial charge is 0.478 e. The van der Waals surface area contributed by atoms with Crippen LogP contribution in [0, 0.1) is 0 Å². The Morgan fingerprint density at radius 2 is 0.931 bits per heavy atom.